The summed E-state index contributed by atoms with van der Waals surface area (Å²) >= 11 is 0. The Morgan fingerprint density at radius 1 is 0.938 bits per heavy atom. The fraction of sp³-hybridized carbons (Fsp3) is 1.00. The summed E-state index contributed by atoms with van der Waals surface area (Å²) in [6, 6.07) is 0. The quantitative estimate of drug-likeness (QED) is 0.418. The van der Waals surface area contributed by atoms with Gasteiger partial charge in [-0.25, -0.2) is 0 Å². The molecule has 2 nitrogen and oxygen atoms in total. The Balaban J connectivity index is 3.96. The molecule has 0 radical (unpaired) electrons. The van der Waals surface area contributed by atoms with Crippen molar-refractivity contribution in [1.82, 2.24) is 0 Å². The second-order valence-corrected chi connectivity index (χ2v) is 8.24. The third kappa shape index (κ3) is 8.31. The summed E-state index contributed by atoms with van der Waals surface area (Å²) < 4.78 is 12.1. The highest BCUT2D eigenvalue weighted by atomic mass is 28.4. The summed E-state index contributed by atoms with van der Waals surface area (Å²) in [5, 5.41) is 0. The minimum atomic E-state index is -1.88. The summed E-state index contributed by atoms with van der Waals surface area (Å²) in [5.41, 5.74) is 0. The molecular weight excluding hydrogens is 216 g/mol. The van der Waals surface area contributed by atoms with Crippen LogP contribution < -0.4 is 0 Å². The largest absolute Gasteiger partial charge is 0.395 e. The van der Waals surface area contributed by atoms with Crippen LogP contribution in [0.15, 0.2) is 0 Å². The van der Waals surface area contributed by atoms with Crippen molar-refractivity contribution in [1.29, 1.82) is 0 Å². The molecule has 0 aliphatic heterocycles. The van der Waals surface area contributed by atoms with Crippen LogP contribution in [0.4, 0.5) is 0 Å². The zero-order chi connectivity index (χ0) is 12.4. The Bertz CT molecular complexity index is 154. The summed E-state index contributed by atoms with van der Waals surface area (Å²) in [4.78, 5) is 0. The second kappa shape index (κ2) is 9.20. The van der Waals surface area contributed by atoms with Gasteiger partial charge in [0.25, 0.3) is 0 Å². The van der Waals surface area contributed by atoms with E-state index in [2.05, 4.69) is 33.9 Å². The maximum Gasteiger partial charge on any atom is 0.331 e. The number of rotatable bonds is 10. The fourth-order valence-electron chi connectivity index (χ4n) is 1.80. The Morgan fingerprint density at radius 2 is 1.50 bits per heavy atom. The summed E-state index contributed by atoms with van der Waals surface area (Å²) in [6.45, 7) is 11.8. The molecule has 0 saturated heterocycles. The predicted molar refractivity (Wildman–Crippen MR) is 73.0 cm³/mol. The molecule has 0 bridgehead atoms. The average molecular weight is 246 g/mol. The molecule has 0 aromatic heterocycles. The molecule has 0 aromatic carbocycles. The third-order valence-corrected chi connectivity index (χ3v) is 4.42. The van der Waals surface area contributed by atoms with Gasteiger partial charge >= 0.3 is 8.56 Å². The second-order valence-electron chi connectivity index (χ2n) is 4.92. The van der Waals surface area contributed by atoms with Crippen molar-refractivity contribution in [2.75, 3.05) is 6.61 Å². The van der Waals surface area contributed by atoms with Gasteiger partial charge in [0.2, 0.25) is 0 Å². The van der Waals surface area contributed by atoms with Crippen LogP contribution in [0, 0.1) is 0 Å². The lowest BCUT2D eigenvalue weighted by Gasteiger charge is -2.28. The molecule has 0 aliphatic rings. The molecule has 3 heteroatoms. The molecule has 0 aromatic rings. The van der Waals surface area contributed by atoms with E-state index >= 15 is 0 Å². The SMILES string of the molecule is CCCCO[Si](C)(C)OC(CCC)CCC. The van der Waals surface area contributed by atoms with Gasteiger partial charge in [0, 0.05) is 12.7 Å². The molecule has 0 spiro atoms. The summed E-state index contributed by atoms with van der Waals surface area (Å²) in [6.07, 6.45) is 7.49. The lowest BCUT2D eigenvalue weighted by atomic mass is 10.1. The first-order chi connectivity index (χ1) is 7.55. The van der Waals surface area contributed by atoms with Gasteiger partial charge in [-0.15, -0.1) is 0 Å². The van der Waals surface area contributed by atoms with Crippen LogP contribution >= 0.6 is 0 Å². The molecule has 0 fully saturated rings. The van der Waals surface area contributed by atoms with Crippen molar-refractivity contribution in [3.05, 3.63) is 0 Å². The van der Waals surface area contributed by atoms with Crippen LogP contribution in [0.2, 0.25) is 13.1 Å². The van der Waals surface area contributed by atoms with Gasteiger partial charge in [0.15, 0.2) is 0 Å². The zero-order valence-corrected chi connectivity index (χ0v) is 12.8. The van der Waals surface area contributed by atoms with E-state index in [1.807, 2.05) is 0 Å². The lowest BCUT2D eigenvalue weighted by molar-refractivity contribution is 0.106. The van der Waals surface area contributed by atoms with Gasteiger partial charge in [-0.2, -0.15) is 0 Å². The molecule has 0 amide bonds. The van der Waals surface area contributed by atoms with Gasteiger partial charge in [-0.1, -0.05) is 40.0 Å². The normalized spacial score (nSPS) is 12.4. The van der Waals surface area contributed by atoms with Crippen molar-refractivity contribution < 1.29 is 8.85 Å². The van der Waals surface area contributed by atoms with Crippen LogP contribution in [-0.4, -0.2) is 21.3 Å². The first kappa shape index (κ1) is 16.1. The Morgan fingerprint density at radius 3 is 1.94 bits per heavy atom. The molecule has 0 N–H and O–H groups in total. The molecule has 16 heavy (non-hydrogen) atoms. The summed E-state index contributed by atoms with van der Waals surface area (Å²) in [7, 11) is -1.88. The van der Waals surface area contributed by atoms with E-state index in [0.29, 0.717) is 6.10 Å². The highest BCUT2D eigenvalue weighted by Crippen LogP contribution is 2.17. The Hall–Kier alpha value is 0.137. The van der Waals surface area contributed by atoms with Crippen molar-refractivity contribution in [2.45, 2.75) is 78.5 Å². The van der Waals surface area contributed by atoms with Crippen molar-refractivity contribution >= 4 is 8.56 Å². The highest BCUT2D eigenvalue weighted by Gasteiger charge is 2.27. The van der Waals surface area contributed by atoms with Crippen LogP contribution in [0.25, 0.3) is 0 Å². The molecular formula is C13H30O2Si. The van der Waals surface area contributed by atoms with Crippen molar-refractivity contribution in [3.63, 3.8) is 0 Å². The minimum Gasteiger partial charge on any atom is -0.395 e. The van der Waals surface area contributed by atoms with E-state index in [0.717, 1.165) is 13.0 Å². The van der Waals surface area contributed by atoms with Crippen LogP contribution in [0.3, 0.4) is 0 Å². The number of hydrogen-bond acceptors (Lipinski definition) is 2. The predicted octanol–water partition coefficient (Wildman–Crippen LogP) is 4.49. The van der Waals surface area contributed by atoms with Gasteiger partial charge in [0.1, 0.15) is 0 Å². The standard InChI is InChI=1S/C13H30O2Si/c1-6-9-12-14-16(4,5)15-13(10-7-2)11-8-3/h13H,6-12H2,1-5H3. The Labute approximate surface area is 103 Å². The highest BCUT2D eigenvalue weighted by molar-refractivity contribution is 6.64. The smallest absolute Gasteiger partial charge is 0.331 e. The van der Waals surface area contributed by atoms with Gasteiger partial charge in [-0.3, -0.25) is 0 Å². The molecule has 0 saturated carbocycles. The van der Waals surface area contributed by atoms with Crippen molar-refractivity contribution in [3.8, 4) is 0 Å². The van der Waals surface area contributed by atoms with Crippen molar-refractivity contribution in [2.24, 2.45) is 0 Å². The number of hydrogen-bond donors (Lipinski definition) is 0. The third-order valence-electron chi connectivity index (χ3n) is 2.62. The molecule has 0 rings (SSSR count). The first-order valence-corrected chi connectivity index (χ1v) is 9.69. The van der Waals surface area contributed by atoms with E-state index in [4.69, 9.17) is 8.85 Å². The van der Waals surface area contributed by atoms with E-state index in [1.165, 1.54) is 32.1 Å². The molecule has 0 heterocycles. The topological polar surface area (TPSA) is 18.5 Å². The zero-order valence-electron chi connectivity index (χ0n) is 11.8. The van der Waals surface area contributed by atoms with Crippen LogP contribution in [-0.2, 0) is 8.85 Å². The van der Waals surface area contributed by atoms with E-state index in [1.54, 1.807) is 0 Å². The lowest BCUT2D eigenvalue weighted by Crippen LogP contribution is -2.39. The van der Waals surface area contributed by atoms with Crippen LogP contribution in [0.1, 0.15) is 59.3 Å². The van der Waals surface area contributed by atoms with E-state index in [9.17, 15) is 0 Å². The number of unbranched alkanes of at least 4 members (excludes halogenated alkanes) is 1. The van der Waals surface area contributed by atoms with Gasteiger partial charge < -0.3 is 8.85 Å². The monoisotopic (exact) mass is 246 g/mol. The maximum atomic E-state index is 6.18. The molecule has 0 atom stereocenters. The van der Waals surface area contributed by atoms with Crippen LogP contribution in [0.5, 0.6) is 0 Å². The minimum absolute atomic E-state index is 0.415. The first-order valence-electron chi connectivity index (χ1n) is 6.87. The van der Waals surface area contributed by atoms with Gasteiger partial charge in [0.05, 0.1) is 0 Å². The van der Waals surface area contributed by atoms with E-state index in [-0.39, 0.29) is 0 Å². The fourth-order valence-corrected chi connectivity index (χ4v) is 3.55. The molecule has 0 unspecified atom stereocenters. The van der Waals surface area contributed by atoms with Gasteiger partial charge in [-0.05, 0) is 32.4 Å². The molecule has 0 aliphatic carbocycles. The maximum absolute atomic E-state index is 6.18. The Kier molecular flexibility index (Phi) is 9.28. The van der Waals surface area contributed by atoms with E-state index < -0.39 is 8.56 Å². The summed E-state index contributed by atoms with van der Waals surface area (Å²) in [5.74, 6) is 0. The average Bonchev–Trinajstić information content (AvgIpc) is 2.18. The molecule has 98 valence electrons.